The lowest BCUT2D eigenvalue weighted by Gasteiger charge is -2.34. The first-order chi connectivity index (χ1) is 11.0. The lowest BCUT2D eigenvalue weighted by Crippen LogP contribution is -2.51. The first-order valence-electron chi connectivity index (χ1n) is 8.39. The Balaban J connectivity index is 1.48. The molecule has 0 aromatic carbocycles. The maximum atomic E-state index is 12.5. The summed E-state index contributed by atoms with van der Waals surface area (Å²) in [6.07, 6.45) is 2.37. The molecule has 23 heavy (non-hydrogen) atoms. The molecule has 7 nitrogen and oxygen atoms in total. The molecule has 0 bridgehead atoms. The summed E-state index contributed by atoms with van der Waals surface area (Å²) < 4.78 is 0. The fourth-order valence-electron chi connectivity index (χ4n) is 2.89. The highest BCUT2D eigenvalue weighted by Crippen LogP contribution is 2.39. The van der Waals surface area contributed by atoms with Gasteiger partial charge in [-0.2, -0.15) is 5.10 Å². The Morgan fingerprint density at radius 2 is 2.00 bits per heavy atom. The van der Waals surface area contributed by atoms with Crippen LogP contribution in [0.15, 0.2) is 6.07 Å². The number of nitrogens with zero attached hydrogens (tertiary/aromatic N) is 3. The summed E-state index contributed by atoms with van der Waals surface area (Å²) >= 11 is 0. The topological polar surface area (TPSA) is 81.3 Å². The third-order valence-electron chi connectivity index (χ3n) is 4.31. The molecule has 7 heteroatoms. The zero-order valence-electron chi connectivity index (χ0n) is 13.8. The van der Waals surface area contributed by atoms with E-state index in [2.05, 4.69) is 20.4 Å². The number of nitrogens with one attached hydrogen (secondary N) is 2. The van der Waals surface area contributed by atoms with Crippen LogP contribution in [0.3, 0.4) is 0 Å². The van der Waals surface area contributed by atoms with Crippen molar-refractivity contribution in [1.29, 1.82) is 0 Å². The van der Waals surface area contributed by atoms with E-state index in [1.165, 1.54) is 12.8 Å². The smallest absolute Gasteiger partial charge is 0.274 e. The van der Waals surface area contributed by atoms with Crippen molar-refractivity contribution in [2.24, 2.45) is 0 Å². The van der Waals surface area contributed by atoms with Gasteiger partial charge >= 0.3 is 0 Å². The van der Waals surface area contributed by atoms with Gasteiger partial charge in [0.2, 0.25) is 5.91 Å². The van der Waals surface area contributed by atoms with Crippen LogP contribution in [-0.2, 0) is 4.79 Å². The number of amides is 2. The molecular weight excluding hydrogens is 294 g/mol. The average molecular weight is 319 g/mol. The zero-order valence-corrected chi connectivity index (χ0v) is 13.8. The van der Waals surface area contributed by atoms with Gasteiger partial charge in [-0.15, -0.1) is 0 Å². The fraction of sp³-hybridized carbons (Fsp3) is 0.688. The minimum atomic E-state index is -0.0144. The molecule has 1 aromatic rings. The number of rotatable bonds is 5. The Labute approximate surface area is 136 Å². The summed E-state index contributed by atoms with van der Waals surface area (Å²) in [5.74, 6) is 0.598. The number of hydrogen-bond acceptors (Lipinski definition) is 4. The largest absolute Gasteiger partial charge is 0.353 e. The summed E-state index contributed by atoms with van der Waals surface area (Å²) in [6, 6.07) is 2.05. The quantitative estimate of drug-likeness (QED) is 0.831. The molecule has 1 aliphatic heterocycles. The van der Waals surface area contributed by atoms with Gasteiger partial charge in [0.1, 0.15) is 5.69 Å². The molecule has 2 N–H and O–H groups in total. The van der Waals surface area contributed by atoms with Gasteiger partial charge in [-0.05, 0) is 32.8 Å². The van der Waals surface area contributed by atoms with Crippen molar-refractivity contribution in [2.45, 2.75) is 38.6 Å². The second-order valence-corrected chi connectivity index (χ2v) is 6.77. The summed E-state index contributed by atoms with van der Waals surface area (Å²) in [7, 11) is 0. The van der Waals surface area contributed by atoms with Gasteiger partial charge in [0.15, 0.2) is 0 Å². The van der Waals surface area contributed by atoms with Crippen molar-refractivity contribution in [1.82, 2.24) is 25.3 Å². The third kappa shape index (κ3) is 4.10. The monoisotopic (exact) mass is 319 g/mol. The van der Waals surface area contributed by atoms with Gasteiger partial charge in [0, 0.05) is 43.8 Å². The van der Waals surface area contributed by atoms with E-state index in [1.807, 2.05) is 24.8 Å². The highest BCUT2D eigenvalue weighted by atomic mass is 16.2. The Bertz CT molecular complexity index is 571. The lowest BCUT2D eigenvalue weighted by atomic mass is 10.2. The molecule has 1 aliphatic carbocycles. The lowest BCUT2D eigenvalue weighted by molar-refractivity contribution is -0.123. The first kappa shape index (κ1) is 16.0. The normalized spacial score (nSPS) is 19.2. The molecule has 0 spiro atoms. The van der Waals surface area contributed by atoms with E-state index >= 15 is 0 Å². The average Bonchev–Trinajstić information content (AvgIpc) is 3.24. The summed E-state index contributed by atoms with van der Waals surface area (Å²) in [6.45, 7) is 7.02. The Morgan fingerprint density at radius 3 is 2.61 bits per heavy atom. The molecule has 2 heterocycles. The molecule has 1 saturated heterocycles. The molecule has 0 unspecified atom stereocenters. The molecule has 3 rings (SSSR count). The van der Waals surface area contributed by atoms with E-state index in [9.17, 15) is 9.59 Å². The van der Waals surface area contributed by atoms with E-state index in [1.54, 1.807) is 0 Å². The fourth-order valence-corrected chi connectivity index (χ4v) is 2.89. The molecule has 2 fully saturated rings. The summed E-state index contributed by atoms with van der Waals surface area (Å²) in [5.41, 5.74) is 1.59. The molecule has 2 aliphatic rings. The molecule has 2 amide bonds. The van der Waals surface area contributed by atoms with E-state index in [0.29, 0.717) is 31.2 Å². The van der Waals surface area contributed by atoms with Crippen molar-refractivity contribution >= 4 is 11.8 Å². The van der Waals surface area contributed by atoms with Gasteiger partial charge in [0.25, 0.3) is 5.91 Å². The molecule has 1 saturated carbocycles. The van der Waals surface area contributed by atoms with Gasteiger partial charge in [0.05, 0.1) is 6.54 Å². The first-order valence-corrected chi connectivity index (χ1v) is 8.39. The predicted octanol–water partition coefficient (Wildman–Crippen LogP) is 0.570. The zero-order chi connectivity index (χ0) is 16.4. The number of carbonyl (C=O) groups is 2. The highest BCUT2D eigenvalue weighted by Gasteiger charge is 2.29. The molecular formula is C16H25N5O2. The van der Waals surface area contributed by atoms with Crippen LogP contribution in [-0.4, -0.2) is 70.6 Å². The predicted molar refractivity (Wildman–Crippen MR) is 86.2 cm³/mol. The van der Waals surface area contributed by atoms with Gasteiger partial charge in [-0.25, -0.2) is 0 Å². The maximum absolute atomic E-state index is 12.5. The molecule has 1 aromatic heterocycles. The SMILES string of the molecule is CC(C)NC(=O)CN1CCN(C(=O)c2cc(C3CC3)[nH]n2)CC1. The standard InChI is InChI=1S/C16H25N5O2/c1-11(2)17-15(22)10-20-5-7-21(8-6-20)16(23)14-9-13(18-19-14)12-3-4-12/h9,11-12H,3-8,10H2,1-2H3,(H,17,22)(H,18,19). The number of carbonyl (C=O) groups excluding carboxylic acids is 2. The van der Waals surface area contributed by atoms with Gasteiger partial charge in [-0.1, -0.05) is 0 Å². The van der Waals surface area contributed by atoms with Crippen LogP contribution in [0.25, 0.3) is 0 Å². The van der Waals surface area contributed by atoms with Crippen molar-refractivity contribution in [3.63, 3.8) is 0 Å². The second-order valence-electron chi connectivity index (χ2n) is 6.77. The highest BCUT2D eigenvalue weighted by molar-refractivity contribution is 5.92. The number of hydrogen-bond donors (Lipinski definition) is 2. The van der Waals surface area contributed by atoms with Crippen LogP contribution in [0.4, 0.5) is 0 Å². The Hall–Kier alpha value is -1.89. The number of piperazine rings is 1. The maximum Gasteiger partial charge on any atom is 0.274 e. The summed E-state index contributed by atoms with van der Waals surface area (Å²) in [5, 5.41) is 10.0. The van der Waals surface area contributed by atoms with Gasteiger partial charge < -0.3 is 10.2 Å². The molecule has 0 radical (unpaired) electrons. The minimum absolute atomic E-state index is 0.0144. The van der Waals surface area contributed by atoms with Crippen molar-refractivity contribution < 1.29 is 9.59 Å². The summed E-state index contributed by atoms with van der Waals surface area (Å²) in [4.78, 5) is 28.2. The van der Waals surface area contributed by atoms with Crippen molar-refractivity contribution in [3.05, 3.63) is 17.5 Å². The van der Waals surface area contributed by atoms with Crippen LogP contribution in [0.2, 0.25) is 0 Å². The van der Waals surface area contributed by atoms with Crippen LogP contribution < -0.4 is 5.32 Å². The van der Waals surface area contributed by atoms with Gasteiger partial charge in [-0.3, -0.25) is 19.6 Å². The van der Waals surface area contributed by atoms with Crippen molar-refractivity contribution in [2.75, 3.05) is 32.7 Å². The van der Waals surface area contributed by atoms with Crippen LogP contribution in [0.1, 0.15) is 48.8 Å². The second kappa shape index (κ2) is 6.70. The number of aromatic amines is 1. The van der Waals surface area contributed by atoms with Crippen LogP contribution in [0.5, 0.6) is 0 Å². The number of H-pyrrole nitrogens is 1. The Kier molecular flexibility index (Phi) is 4.66. The molecule has 126 valence electrons. The Morgan fingerprint density at radius 1 is 1.30 bits per heavy atom. The van der Waals surface area contributed by atoms with Crippen molar-refractivity contribution in [3.8, 4) is 0 Å². The van der Waals surface area contributed by atoms with E-state index in [4.69, 9.17) is 0 Å². The molecule has 0 atom stereocenters. The van der Waals surface area contributed by atoms with Crippen LogP contribution >= 0.6 is 0 Å². The van der Waals surface area contributed by atoms with E-state index in [-0.39, 0.29) is 17.9 Å². The van der Waals surface area contributed by atoms with E-state index in [0.717, 1.165) is 18.8 Å². The van der Waals surface area contributed by atoms with Crippen LogP contribution in [0, 0.1) is 0 Å². The third-order valence-corrected chi connectivity index (χ3v) is 4.31. The van der Waals surface area contributed by atoms with E-state index < -0.39 is 0 Å². The number of aromatic nitrogens is 2. The minimum Gasteiger partial charge on any atom is -0.353 e.